The molecule has 19 heavy (non-hydrogen) atoms. The first-order chi connectivity index (χ1) is 8.93. The predicted molar refractivity (Wildman–Crippen MR) is 84.7 cm³/mol. The molecule has 1 N–H and O–H groups in total. The molecule has 3 nitrogen and oxygen atoms in total. The lowest BCUT2D eigenvalue weighted by molar-refractivity contribution is 0.0313. The highest BCUT2D eigenvalue weighted by molar-refractivity contribution is 4.88. The van der Waals surface area contributed by atoms with Crippen LogP contribution in [0.15, 0.2) is 0 Å². The minimum atomic E-state index is 0.319. The predicted octanol–water partition coefficient (Wildman–Crippen LogP) is 2.57. The van der Waals surface area contributed by atoms with Crippen molar-refractivity contribution in [1.29, 1.82) is 0 Å². The van der Waals surface area contributed by atoms with Gasteiger partial charge in [0.25, 0.3) is 0 Å². The molecule has 2 unspecified atom stereocenters. The number of nitrogens with zero attached hydrogens (tertiary/aromatic N) is 2. The fourth-order valence-corrected chi connectivity index (χ4v) is 3.36. The highest BCUT2D eigenvalue weighted by Crippen LogP contribution is 2.20. The van der Waals surface area contributed by atoms with Crippen LogP contribution in [0.25, 0.3) is 0 Å². The molecule has 0 spiro atoms. The minimum Gasteiger partial charge on any atom is -0.315 e. The summed E-state index contributed by atoms with van der Waals surface area (Å²) in [5, 5.41) is 3.54. The zero-order valence-corrected chi connectivity index (χ0v) is 14.0. The monoisotopic (exact) mass is 269 g/mol. The number of likely N-dealkylation sites (N-methyl/N-ethyl adjacent to an activating group) is 1. The molecule has 0 aromatic heterocycles. The second kappa shape index (κ2) is 7.61. The molecular weight excluding hydrogens is 234 g/mol. The SMILES string of the molecule is CCCC(NC)C(CC)N1CCN(C(C)(C)C)CC1. The van der Waals surface area contributed by atoms with E-state index >= 15 is 0 Å². The van der Waals surface area contributed by atoms with Crippen LogP contribution in [0.1, 0.15) is 53.9 Å². The van der Waals surface area contributed by atoms with Gasteiger partial charge in [0, 0.05) is 43.8 Å². The lowest BCUT2D eigenvalue weighted by Gasteiger charge is -2.46. The van der Waals surface area contributed by atoms with Gasteiger partial charge in [0.1, 0.15) is 0 Å². The van der Waals surface area contributed by atoms with Crippen LogP contribution in [0.5, 0.6) is 0 Å². The van der Waals surface area contributed by atoms with Crippen molar-refractivity contribution in [3.05, 3.63) is 0 Å². The normalized spacial score (nSPS) is 22.4. The van der Waals surface area contributed by atoms with Crippen LogP contribution in [0.3, 0.4) is 0 Å². The van der Waals surface area contributed by atoms with Gasteiger partial charge in [-0.2, -0.15) is 0 Å². The van der Waals surface area contributed by atoms with Crippen molar-refractivity contribution < 1.29 is 0 Å². The van der Waals surface area contributed by atoms with E-state index in [2.05, 4.69) is 56.8 Å². The van der Waals surface area contributed by atoms with Gasteiger partial charge in [0.05, 0.1) is 0 Å². The van der Waals surface area contributed by atoms with E-state index in [4.69, 9.17) is 0 Å². The van der Waals surface area contributed by atoms with Gasteiger partial charge >= 0.3 is 0 Å². The van der Waals surface area contributed by atoms with Crippen molar-refractivity contribution in [2.45, 2.75) is 71.5 Å². The molecule has 1 aliphatic rings. The molecule has 3 heteroatoms. The highest BCUT2D eigenvalue weighted by atomic mass is 15.3. The summed E-state index contributed by atoms with van der Waals surface area (Å²) in [5.41, 5.74) is 0.319. The van der Waals surface area contributed by atoms with Crippen LogP contribution in [0.2, 0.25) is 0 Å². The summed E-state index contributed by atoms with van der Waals surface area (Å²) in [7, 11) is 2.12. The third-order valence-electron chi connectivity index (χ3n) is 4.59. The van der Waals surface area contributed by atoms with E-state index in [9.17, 15) is 0 Å². The summed E-state index contributed by atoms with van der Waals surface area (Å²) < 4.78 is 0. The molecule has 0 aliphatic carbocycles. The Balaban J connectivity index is 2.56. The number of hydrogen-bond acceptors (Lipinski definition) is 3. The van der Waals surface area contributed by atoms with E-state index in [-0.39, 0.29) is 0 Å². The van der Waals surface area contributed by atoms with Crippen molar-refractivity contribution in [1.82, 2.24) is 15.1 Å². The number of rotatable bonds is 6. The van der Waals surface area contributed by atoms with E-state index in [1.807, 2.05) is 0 Å². The Hall–Kier alpha value is -0.120. The quantitative estimate of drug-likeness (QED) is 0.799. The molecule has 1 saturated heterocycles. The van der Waals surface area contributed by atoms with E-state index in [0.717, 1.165) is 0 Å². The van der Waals surface area contributed by atoms with Crippen LogP contribution in [0, 0.1) is 0 Å². The minimum absolute atomic E-state index is 0.319. The molecule has 0 saturated carbocycles. The fourth-order valence-electron chi connectivity index (χ4n) is 3.36. The van der Waals surface area contributed by atoms with Gasteiger partial charge in [-0.3, -0.25) is 9.80 Å². The maximum Gasteiger partial charge on any atom is 0.0247 e. The zero-order chi connectivity index (χ0) is 14.5. The van der Waals surface area contributed by atoms with Crippen molar-refractivity contribution in [3.63, 3.8) is 0 Å². The molecular formula is C16H35N3. The highest BCUT2D eigenvalue weighted by Gasteiger charge is 2.30. The van der Waals surface area contributed by atoms with E-state index < -0.39 is 0 Å². The third kappa shape index (κ3) is 4.73. The standard InChI is InChI=1S/C16H35N3/c1-7-9-14(17-6)15(8-2)18-10-12-19(13-11-18)16(3,4)5/h14-15,17H,7-13H2,1-6H3. The molecule has 0 bridgehead atoms. The molecule has 1 aliphatic heterocycles. The zero-order valence-electron chi connectivity index (χ0n) is 14.0. The molecule has 1 fully saturated rings. The summed E-state index contributed by atoms with van der Waals surface area (Å²) in [5.74, 6) is 0. The average Bonchev–Trinajstić information content (AvgIpc) is 2.38. The van der Waals surface area contributed by atoms with Gasteiger partial charge in [-0.05, 0) is 40.7 Å². The Labute approximate surface area is 120 Å². The summed E-state index contributed by atoms with van der Waals surface area (Å²) in [6.45, 7) is 16.5. The van der Waals surface area contributed by atoms with Crippen LogP contribution >= 0.6 is 0 Å². The molecule has 0 radical (unpaired) electrons. The van der Waals surface area contributed by atoms with Crippen molar-refractivity contribution in [2.24, 2.45) is 0 Å². The van der Waals surface area contributed by atoms with Crippen LogP contribution in [-0.4, -0.2) is 60.6 Å². The van der Waals surface area contributed by atoms with Gasteiger partial charge in [-0.15, -0.1) is 0 Å². The van der Waals surface area contributed by atoms with E-state index in [0.29, 0.717) is 17.6 Å². The average molecular weight is 269 g/mol. The molecule has 1 rings (SSSR count). The molecule has 0 aromatic carbocycles. The van der Waals surface area contributed by atoms with Crippen LogP contribution in [-0.2, 0) is 0 Å². The van der Waals surface area contributed by atoms with Crippen molar-refractivity contribution >= 4 is 0 Å². The third-order valence-corrected chi connectivity index (χ3v) is 4.59. The lowest BCUT2D eigenvalue weighted by Crippen LogP contribution is -2.58. The van der Waals surface area contributed by atoms with E-state index in [1.165, 1.54) is 45.4 Å². The van der Waals surface area contributed by atoms with Crippen molar-refractivity contribution in [3.8, 4) is 0 Å². The molecule has 0 amide bonds. The maximum atomic E-state index is 3.54. The number of nitrogens with one attached hydrogen (secondary N) is 1. The first-order valence-electron chi connectivity index (χ1n) is 8.10. The van der Waals surface area contributed by atoms with Gasteiger partial charge < -0.3 is 5.32 Å². The van der Waals surface area contributed by atoms with Crippen molar-refractivity contribution in [2.75, 3.05) is 33.2 Å². The Morgan fingerprint density at radius 3 is 2.00 bits per heavy atom. The summed E-state index contributed by atoms with van der Waals surface area (Å²) >= 11 is 0. The van der Waals surface area contributed by atoms with Gasteiger partial charge in [0.2, 0.25) is 0 Å². The van der Waals surface area contributed by atoms with Gasteiger partial charge in [0.15, 0.2) is 0 Å². The smallest absolute Gasteiger partial charge is 0.0247 e. The first kappa shape index (κ1) is 16.9. The van der Waals surface area contributed by atoms with Crippen LogP contribution < -0.4 is 5.32 Å². The second-order valence-electron chi connectivity index (χ2n) is 6.85. The summed E-state index contributed by atoms with van der Waals surface area (Å²) in [6.07, 6.45) is 3.81. The number of hydrogen-bond donors (Lipinski definition) is 1. The Morgan fingerprint density at radius 2 is 1.63 bits per heavy atom. The lowest BCUT2D eigenvalue weighted by atomic mass is 9.97. The Kier molecular flexibility index (Phi) is 6.78. The molecule has 2 atom stereocenters. The topological polar surface area (TPSA) is 18.5 Å². The molecule has 1 heterocycles. The first-order valence-corrected chi connectivity index (χ1v) is 8.10. The second-order valence-corrected chi connectivity index (χ2v) is 6.85. The molecule has 114 valence electrons. The van der Waals surface area contributed by atoms with Gasteiger partial charge in [-0.1, -0.05) is 20.3 Å². The maximum absolute atomic E-state index is 3.54. The Bertz CT molecular complexity index is 239. The Morgan fingerprint density at radius 1 is 1.05 bits per heavy atom. The number of piperazine rings is 1. The van der Waals surface area contributed by atoms with Gasteiger partial charge in [-0.25, -0.2) is 0 Å². The summed E-state index contributed by atoms with van der Waals surface area (Å²) in [6, 6.07) is 1.35. The van der Waals surface area contributed by atoms with E-state index in [1.54, 1.807) is 0 Å². The summed E-state index contributed by atoms with van der Waals surface area (Å²) in [4.78, 5) is 5.32. The fraction of sp³-hybridized carbons (Fsp3) is 1.00. The van der Waals surface area contributed by atoms with Crippen LogP contribution in [0.4, 0.5) is 0 Å². The largest absolute Gasteiger partial charge is 0.315 e. The molecule has 0 aromatic rings.